The van der Waals surface area contributed by atoms with Crippen LogP contribution in [0.25, 0.3) is 0 Å². The fourth-order valence-corrected chi connectivity index (χ4v) is 1.93. The van der Waals surface area contributed by atoms with Crippen molar-refractivity contribution in [2.24, 2.45) is 5.41 Å². The van der Waals surface area contributed by atoms with Gasteiger partial charge in [0, 0.05) is 6.54 Å². The predicted molar refractivity (Wildman–Crippen MR) is 44.7 cm³/mol. The molecule has 0 unspecified atom stereocenters. The Morgan fingerprint density at radius 3 is 2.67 bits per heavy atom. The largest absolute Gasteiger partial charge is 0.468 e. The van der Waals surface area contributed by atoms with E-state index in [9.17, 15) is 4.79 Å². The molecule has 12 heavy (non-hydrogen) atoms. The number of hydrogen-bond acceptors (Lipinski definition) is 3. The van der Waals surface area contributed by atoms with Gasteiger partial charge in [0.1, 0.15) is 6.04 Å². The summed E-state index contributed by atoms with van der Waals surface area (Å²) in [5.74, 6) is -0.106. The number of carbonyl (C=O) groups excluding carboxylic acids is 1. The first-order valence-corrected chi connectivity index (χ1v) is 4.57. The summed E-state index contributed by atoms with van der Waals surface area (Å²) in [6, 6.07) is -0.0405. The SMILES string of the molecule is COC(=O)[C@@H]1CCC2(CC2)CN1. The lowest BCUT2D eigenvalue weighted by atomic mass is 9.92. The van der Waals surface area contributed by atoms with Crippen molar-refractivity contribution in [3.63, 3.8) is 0 Å². The summed E-state index contributed by atoms with van der Waals surface area (Å²) < 4.78 is 4.68. The molecule has 1 atom stereocenters. The lowest BCUT2D eigenvalue weighted by Gasteiger charge is -2.27. The van der Waals surface area contributed by atoms with Gasteiger partial charge < -0.3 is 10.1 Å². The second kappa shape index (κ2) is 2.73. The summed E-state index contributed by atoms with van der Waals surface area (Å²) in [6.07, 6.45) is 4.83. The first kappa shape index (κ1) is 8.05. The van der Waals surface area contributed by atoms with Crippen molar-refractivity contribution in [2.75, 3.05) is 13.7 Å². The van der Waals surface area contributed by atoms with Gasteiger partial charge in [0.25, 0.3) is 0 Å². The van der Waals surface area contributed by atoms with E-state index in [0.717, 1.165) is 13.0 Å². The van der Waals surface area contributed by atoms with Gasteiger partial charge in [-0.25, -0.2) is 0 Å². The van der Waals surface area contributed by atoms with Crippen LogP contribution in [-0.2, 0) is 9.53 Å². The van der Waals surface area contributed by atoms with Crippen molar-refractivity contribution >= 4 is 5.97 Å². The maximum absolute atomic E-state index is 11.1. The smallest absolute Gasteiger partial charge is 0.322 e. The second-order valence-electron chi connectivity index (χ2n) is 4.00. The van der Waals surface area contributed by atoms with Crippen LogP contribution in [0, 0.1) is 5.41 Å². The molecule has 1 spiro atoms. The molecule has 1 saturated carbocycles. The van der Waals surface area contributed by atoms with E-state index in [0.29, 0.717) is 5.41 Å². The van der Waals surface area contributed by atoms with Crippen LogP contribution in [0.1, 0.15) is 25.7 Å². The monoisotopic (exact) mass is 169 g/mol. The molecule has 3 nitrogen and oxygen atoms in total. The van der Waals surface area contributed by atoms with Crippen molar-refractivity contribution in [3.8, 4) is 0 Å². The minimum absolute atomic E-state index is 0.0405. The fourth-order valence-electron chi connectivity index (χ4n) is 1.93. The zero-order valence-corrected chi connectivity index (χ0v) is 7.43. The van der Waals surface area contributed by atoms with Crippen LogP contribution in [0.4, 0.5) is 0 Å². The normalized spacial score (nSPS) is 31.6. The molecule has 0 amide bonds. The molecule has 0 radical (unpaired) electrons. The lowest BCUT2D eigenvalue weighted by molar-refractivity contribution is -0.144. The number of piperidine rings is 1. The molecule has 0 aromatic carbocycles. The van der Waals surface area contributed by atoms with E-state index in [2.05, 4.69) is 10.1 Å². The second-order valence-corrected chi connectivity index (χ2v) is 4.00. The van der Waals surface area contributed by atoms with Crippen LogP contribution >= 0.6 is 0 Å². The van der Waals surface area contributed by atoms with Crippen LogP contribution in [0.2, 0.25) is 0 Å². The highest BCUT2D eigenvalue weighted by atomic mass is 16.5. The van der Waals surface area contributed by atoms with Gasteiger partial charge in [-0.2, -0.15) is 0 Å². The van der Waals surface area contributed by atoms with Crippen LogP contribution in [-0.4, -0.2) is 25.7 Å². The summed E-state index contributed by atoms with van der Waals surface area (Å²) >= 11 is 0. The van der Waals surface area contributed by atoms with Crippen LogP contribution in [0.15, 0.2) is 0 Å². The van der Waals surface area contributed by atoms with Gasteiger partial charge in [-0.05, 0) is 31.1 Å². The number of hydrogen-bond donors (Lipinski definition) is 1. The van der Waals surface area contributed by atoms with Gasteiger partial charge in [-0.1, -0.05) is 0 Å². The van der Waals surface area contributed by atoms with Crippen LogP contribution in [0.3, 0.4) is 0 Å². The molecule has 0 aromatic rings. The molecule has 2 rings (SSSR count). The summed E-state index contributed by atoms with van der Waals surface area (Å²) in [4.78, 5) is 11.1. The minimum atomic E-state index is -0.106. The van der Waals surface area contributed by atoms with Gasteiger partial charge in [0.15, 0.2) is 0 Å². The molecular weight excluding hydrogens is 154 g/mol. The number of rotatable bonds is 1. The molecule has 0 aromatic heterocycles. The van der Waals surface area contributed by atoms with E-state index >= 15 is 0 Å². The van der Waals surface area contributed by atoms with Crippen LogP contribution in [0.5, 0.6) is 0 Å². The highest BCUT2D eigenvalue weighted by Crippen LogP contribution is 2.50. The number of ether oxygens (including phenoxy) is 1. The van der Waals surface area contributed by atoms with E-state index in [4.69, 9.17) is 0 Å². The van der Waals surface area contributed by atoms with Gasteiger partial charge >= 0.3 is 5.97 Å². The van der Waals surface area contributed by atoms with Crippen molar-refractivity contribution < 1.29 is 9.53 Å². The predicted octanol–water partition coefficient (Wildman–Crippen LogP) is 0.692. The molecule has 1 saturated heterocycles. The quantitative estimate of drug-likeness (QED) is 0.587. The van der Waals surface area contributed by atoms with E-state index in [1.807, 2.05) is 0 Å². The average Bonchev–Trinajstić information content (AvgIpc) is 2.85. The van der Waals surface area contributed by atoms with E-state index in [1.165, 1.54) is 26.4 Å². The Bertz CT molecular complexity index is 189. The highest BCUT2D eigenvalue weighted by Gasteiger charge is 2.46. The Labute approximate surface area is 72.5 Å². The van der Waals surface area contributed by atoms with Crippen molar-refractivity contribution in [2.45, 2.75) is 31.7 Å². The standard InChI is InChI=1S/C9H15NO2/c1-12-8(11)7-2-3-9(4-5-9)6-10-7/h7,10H,2-6H2,1H3/t7-/m0/s1. The summed E-state index contributed by atoms with van der Waals surface area (Å²) in [7, 11) is 1.45. The third kappa shape index (κ3) is 1.33. The Morgan fingerprint density at radius 1 is 1.50 bits per heavy atom. The molecule has 0 bridgehead atoms. The number of esters is 1. The van der Waals surface area contributed by atoms with Crippen molar-refractivity contribution in [3.05, 3.63) is 0 Å². The van der Waals surface area contributed by atoms with Gasteiger partial charge in [0.2, 0.25) is 0 Å². The van der Waals surface area contributed by atoms with Crippen molar-refractivity contribution in [1.82, 2.24) is 5.32 Å². The first-order valence-electron chi connectivity index (χ1n) is 4.57. The first-order chi connectivity index (χ1) is 5.76. The summed E-state index contributed by atoms with van der Waals surface area (Å²) in [5.41, 5.74) is 0.574. The molecule has 1 aliphatic carbocycles. The lowest BCUT2D eigenvalue weighted by Crippen LogP contribution is -2.45. The Kier molecular flexibility index (Phi) is 1.83. The van der Waals surface area contributed by atoms with E-state index < -0.39 is 0 Å². The third-order valence-corrected chi connectivity index (χ3v) is 3.13. The molecule has 1 aliphatic heterocycles. The van der Waals surface area contributed by atoms with Gasteiger partial charge in [-0.3, -0.25) is 4.79 Å². The van der Waals surface area contributed by atoms with Crippen LogP contribution < -0.4 is 5.32 Å². The fraction of sp³-hybridized carbons (Fsp3) is 0.889. The Hall–Kier alpha value is -0.570. The summed E-state index contributed by atoms with van der Waals surface area (Å²) in [5, 5.41) is 3.25. The molecule has 1 heterocycles. The zero-order chi connectivity index (χ0) is 8.60. The minimum Gasteiger partial charge on any atom is -0.468 e. The van der Waals surface area contributed by atoms with Gasteiger partial charge in [0.05, 0.1) is 7.11 Å². The number of nitrogens with one attached hydrogen (secondary N) is 1. The highest BCUT2D eigenvalue weighted by molar-refractivity contribution is 5.75. The molecular formula is C9H15NO2. The molecule has 3 heteroatoms. The summed E-state index contributed by atoms with van der Waals surface area (Å²) in [6.45, 7) is 1.01. The van der Waals surface area contributed by atoms with E-state index in [1.54, 1.807) is 0 Å². The Morgan fingerprint density at radius 2 is 2.25 bits per heavy atom. The maximum atomic E-state index is 11.1. The molecule has 2 aliphatic rings. The van der Waals surface area contributed by atoms with Gasteiger partial charge in [-0.15, -0.1) is 0 Å². The molecule has 1 N–H and O–H groups in total. The van der Waals surface area contributed by atoms with E-state index in [-0.39, 0.29) is 12.0 Å². The number of methoxy groups -OCH3 is 1. The zero-order valence-electron chi connectivity index (χ0n) is 7.43. The number of carbonyl (C=O) groups is 1. The molecule has 68 valence electrons. The average molecular weight is 169 g/mol. The third-order valence-electron chi connectivity index (χ3n) is 3.13. The maximum Gasteiger partial charge on any atom is 0.322 e. The van der Waals surface area contributed by atoms with Crippen molar-refractivity contribution in [1.29, 1.82) is 0 Å². The Balaban J connectivity index is 1.85. The molecule has 2 fully saturated rings. The topological polar surface area (TPSA) is 38.3 Å².